The van der Waals surface area contributed by atoms with Crippen molar-refractivity contribution in [2.45, 2.75) is 57.8 Å². The van der Waals surface area contributed by atoms with Crippen molar-refractivity contribution in [3.05, 3.63) is 47.7 Å². The summed E-state index contributed by atoms with van der Waals surface area (Å²) in [6, 6.07) is 12.1. The summed E-state index contributed by atoms with van der Waals surface area (Å²) in [7, 11) is 0. The van der Waals surface area contributed by atoms with Gasteiger partial charge in [0.1, 0.15) is 0 Å². The maximum absolute atomic E-state index is 5.60. The van der Waals surface area contributed by atoms with Gasteiger partial charge in [0.05, 0.1) is 6.54 Å². The molecule has 128 valence electrons. The van der Waals surface area contributed by atoms with E-state index in [0.29, 0.717) is 18.0 Å². The average molecular weight is 326 g/mol. The summed E-state index contributed by atoms with van der Waals surface area (Å²) in [5.74, 6) is 1.42. The summed E-state index contributed by atoms with van der Waals surface area (Å²) in [4.78, 5) is 5.23. The third-order valence-electron chi connectivity index (χ3n) is 5.41. The lowest BCUT2D eigenvalue weighted by atomic mass is 10.0. The molecule has 2 aliphatic rings. The Labute approximate surface area is 143 Å². The third-order valence-corrected chi connectivity index (χ3v) is 5.41. The molecule has 2 fully saturated rings. The second kappa shape index (κ2) is 7.03. The van der Waals surface area contributed by atoms with Crippen molar-refractivity contribution in [2.75, 3.05) is 13.1 Å². The second-order valence-electron chi connectivity index (χ2n) is 7.06. The first-order valence-electron chi connectivity index (χ1n) is 9.10. The van der Waals surface area contributed by atoms with Gasteiger partial charge < -0.3 is 4.42 Å². The minimum atomic E-state index is 0.614. The van der Waals surface area contributed by atoms with Crippen LogP contribution in [0.25, 0.3) is 0 Å². The molecule has 0 bridgehead atoms. The molecule has 0 spiro atoms. The van der Waals surface area contributed by atoms with Crippen LogP contribution in [0.5, 0.6) is 0 Å². The van der Waals surface area contributed by atoms with E-state index in [1.807, 2.05) is 6.92 Å². The summed E-state index contributed by atoms with van der Waals surface area (Å²) in [6.07, 6.45) is 5.16. The van der Waals surface area contributed by atoms with Gasteiger partial charge in [-0.2, -0.15) is 0 Å². The Morgan fingerprint density at radius 2 is 1.62 bits per heavy atom. The van der Waals surface area contributed by atoms with Crippen LogP contribution < -0.4 is 0 Å². The van der Waals surface area contributed by atoms with Crippen LogP contribution in [0.4, 0.5) is 0 Å². The molecule has 5 heteroatoms. The largest absolute Gasteiger partial charge is 0.424 e. The van der Waals surface area contributed by atoms with E-state index in [9.17, 15) is 0 Å². The molecule has 0 unspecified atom stereocenters. The number of nitrogens with zero attached hydrogens (tertiary/aromatic N) is 4. The fraction of sp³-hybridized carbons (Fsp3) is 0.579. The van der Waals surface area contributed by atoms with E-state index in [4.69, 9.17) is 4.42 Å². The molecule has 2 aliphatic heterocycles. The first-order chi connectivity index (χ1) is 11.8. The lowest BCUT2D eigenvalue weighted by molar-refractivity contribution is 0.117. The highest BCUT2D eigenvalue weighted by molar-refractivity contribution is 5.15. The molecule has 0 saturated carbocycles. The lowest BCUT2D eigenvalue weighted by Crippen LogP contribution is -2.45. The third kappa shape index (κ3) is 3.37. The first kappa shape index (κ1) is 15.8. The molecule has 2 aromatic rings. The smallest absolute Gasteiger partial charge is 0.230 e. The van der Waals surface area contributed by atoms with Crippen molar-refractivity contribution in [3.63, 3.8) is 0 Å². The van der Waals surface area contributed by atoms with E-state index in [2.05, 4.69) is 50.3 Å². The zero-order valence-electron chi connectivity index (χ0n) is 14.4. The Morgan fingerprint density at radius 3 is 2.25 bits per heavy atom. The molecule has 1 aromatic carbocycles. The number of likely N-dealkylation sites (tertiary alicyclic amines) is 2. The van der Waals surface area contributed by atoms with Crippen LogP contribution in [0.15, 0.2) is 34.7 Å². The monoisotopic (exact) mass is 326 g/mol. The summed E-state index contributed by atoms with van der Waals surface area (Å²) >= 11 is 0. The van der Waals surface area contributed by atoms with Gasteiger partial charge in [0, 0.05) is 25.6 Å². The molecule has 0 amide bonds. The number of aromatic nitrogens is 2. The van der Waals surface area contributed by atoms with Crippen molar-refractivity contribution in [2.24, 2.45) is 0 Å². The lowest BCUT2D eigenvalue weighted by Gasteiger charge is -2.34. The van der Waals surface area contributed by atoms with E-state index < -0.39 is 0 Å². The highest BCUT2D eigenvalue weighted by Gasteiger charge is 2.38. The number of benzene rings is 1. The highest BCUT2D eigenvalue weighted by Crippen LogP contribution is 2.31. The number of hydrogen-bond acceptors (Lipinski definition) is 5. The van der Waals surface area contributed by atoms with Crippen molar-refractivity contribution in [1.29, 1.82) is 0 Å². The summed E-state index contributed by atoms with van der Waals surface area (Å²) in [5.41, 5.74) is 1.42. The van der Waals surface area contributed by atoms with Crippen LogP contribution in [0.1, 0.15) is 43.0 Å². The van der Waals surface area contributed by atoms with Crippen LogP contribution >= 0.6 is 0 Å². The van der Waals surface area contributed by atoms with E-state index in [1.54, 1.807) is 0 Å². The van der Waals surface area contributed by atoms with Gasteiger partial charge in [-0.3, -0.25) is 9.80 Å². The van der Waals surface area contributed by atoms with Crippen LogP contribution in [-0.4, -0.2) is 45.2 Å². The number of rotatable bonds is 5. The molecule has 0 aliphatic carbocycles. The Hall–Kier alpha value is -1.72. The van der Waals surface area contributed by atoms with Gasteiger partial charge >= 0.3 is 0 Å². The van der Waals surface area contributed by atoms with Gasteiger partial charge in [0.2, 0.25) is 11.8 Å². The first-order valence-corrected chi connectivity index (χ1v) is 9.10. The molecular formula is C19H26N4O. The van der Waals surface area contributed by atoms with E-state index >= 15 is 0 Å². The van der Waals surface area contributed by atoms with E-state index in [-0.39, 0.29) is 0 Å². The van der Waals surface area contributed by atoms with Crippen molar-refractivity contribution < 1.29 is 4.42 Å². The standard InChI is InChI=1S/C19H26N4O/c1-15-20-21-19(24-15)14-23-12-6-10-18(23)17-9-5-11-22(17)13-16-7-3-2-4-8-16/h2-4,7-8,17-18H,5-6,9-14H2,1H3/t17-,18-/m0/s1. The highest BCUT2D eigenvalue weighted by atomic mass is 16.4. The normalized spacial score (nSPS) is 25.5. The average Bonchev–Trinajstić information content (AvgIpc) is 3.31. The number of hydrogen-bond donors (Lipinski definition) is 0. The van der Waals surface area contributed by atoms with Crippen LogP contribution in [0.2, 0.25) is 0 Å². The van der Waals surface area contributed by atoms with Gasteiger partial charge in [0.15, 0.2) is 0 Å². The maximum Gasteiger partial charge on any atom is 0.230 e. The quantitative estimate of drug-likeness (QED) is 0.845. The SMILES string of the molecule is Cc1nnc(CN2CCC[C@H]2[C@@H]2CCCN2Cc2ccccc2)o1. The molecule has 2 saturated heterocycles. The van der Waals surface area contributed by atoms with Crippen LogP contribution in [-0.2, 0) is 13.1 Å². The van der Waals surface area contributed by atoms with Crippen molar-refractivity contribution in [1.82, 2.24) is 20.0 Å². The van der Waals surface area contributed by atoms with Crippen molar-refractivity contribution >= 4 is 0 Å². The molecule has 3 heterocycles. The fourth-order valence-corrected chi connectivity index (χ4v) is 4.36. The van der Waals surface area contributed by atoms with E-state index in [0.717, 1.165) is 25.5 Å². The Balaban J connectivity index is 1.44. The van der Waals surface area contributed by atoms with E-state index in [1.165, 1.54) is 37.8 Å². The van der Waals surface area contributed by atoms with Gasteiger partial charge in [-0.15, -0.1) is 10.2 Å². The zero-order valence-corrected chi connectivity index (χ0v) is 14.4. The summed E-state index contributed by atoms with van der Waals surface area (Å²) < 4.78 is 5.60. The maximum atomic E-state index is 5.60. The Bertz CT molecular complexity index is 656. The van der Waals surface area contributed by atoms with Gasteiger partial charge in [-0.05, 0) is 44.3 Å². The molecule has 24 heavy (non-hydrogen) atoms. The predicted molar refractivity (Wildman–Crippen MR) is 92.3 cm³/mol. The minimum absolute atomic E-state index is 0.614. The number of aryl methyl sites for hydroxylation is 1. The summed E-state index contributed by atoms with van der Waals surface area (Å²) in [5, 5.41) is 8.15. The molecule has 1 aromatic heterocycles. The van der Waals surface area contributed by atoms with Crippen LogP contribution in [0.3, 0.4) is 0 Å². The van der Waals surface area contributed by atoms with Gasteiger partial charge in [-0.1, -0.05) is 30.3 Å². The van der Waals surface area contributed by atoms with Crippen molar-refractivity contribution in [3.8, 4) is 0 Å². The fourth-order valence-electron chi connectivity index (χ4n) is 4.36. The molecule has 2 atom stereocenters. The topological polar surface area (TPSA) is 45.4 Å². The van der Waals surface area contributed by atoms with Gasteiger partial charge in [0.25, 0.3) is 0 Å². The van der Waals surface area contributed by atoms with Crippen LogP contribution in [0, 0.1) is 6.92 Å². The van der Waals surface area contributed by atoms with Gasteiger partial charge in [-0.25, -0.2) is 0 Å². The molecule has 0 radical (unpaired) electrons. The Kier molecular flexibility index (Phi) is 4.63. The summed E-state index contributed by atoms with van der Waals surface area (Å²) in [6.45, 7) is 6.07. The molecule has 5 nitrogen and oxygen atoms in total. The predicted octanol–water partition coefficient (Wildman–Crippen LogP) is 3.01. The second-order valence-corrected chi connectivity index (χ2v) is 7.06. The molecule has 4 rings (SSSR count). The zero-order chi connectivity index (χ0) is 16.4. The molecular weight excluding hydrogens is 300 g/mol. The minimum Gasteiger partial charge on any atom is -0.424 e. The molecule has 0 N–H and O–H groups in total. The Morgan fingerprint density at radius 1 is 0.958 bits per heavy atom.